The van der Waals surface area contributed by atoms with E-state index in [9.17, 15) is 9.59 Å². The molecule has 6 nitrogen and oxygen atoms in total. The van der Waals surface area contributed by atoms with Crippen molar-refractivity contribution >= 4 is 17.6 Å². The van der Waals surface area contributed by atoms with E-state index in [1.54, 1.807) is 0 Å². The number of likely N-dealkylation sites (tertiary alicyclic amines) is 1. The van der Waals surface area contributed by atoms with Gasteiger partial charge in [0.15, 0.2) is 0 Å². The number of nitrogens with zero attached hydrogens (tertiary/aromatic N) is 1. The van der Waals surface area contributed by atoms with Crippen molar-refractivity contribution in [3.05, 3.63) is 29.3 Å². The lowest BCUT2D eigenvalue weighted by Crippen LogP contribution is -2.59. The molecule has 1 aromatic rings. The maximum absolute atomic E-state index is 12.7. The number of para-hydroxylation sites is 1. The van der Waals surface area contributed by atoms with Crippen molar-refractivity contribution in [3.63, 3.8) is 0 Å². The molecular weight excluding hydrogens is 282 g/mol. The monoisotopic (exact) mass is 305 g/mol. The van der Waals surface area contributed by atoms with Crippen molar-refractivity contribution in [2.24, 2.45) is 5.73 Å². The number of carbonyl (C=O) groups excluding carboxylic acids is 2. The number of primary amides is 1. The molecule has 1 atom stereocenters. The van der Waals surface area contributed by atoms with Crippen LogP contribution in [0.4, 0.5) is 10.5 Å². The topological polar surface area (TPSA) is 84.7 Å². The van der Waals surface area contributed by atoms with Crippen molar-refractivity contribution in [1.82, 2.24) is 4.90 Å². The third-order valence-corrected chi connectivity index (χ3v) is 4.29. The Kier molecular flexibility index (Phi) is 4.71. The van der Waals surface area contributed by atoms with Gasteiger partial charge in [0, 0.05) is 19.3 Å². The summed E-state index contributed by atoms with van der Waals surface area (Å²) in [5.41, 5.74) is 7.22. The number of rotatable bonds is 4. The van der Waals surface area contributed by atoms with Crippen molar-refractivity contribution in [2.45, 2.75) is 32.2 Å². The summed E-state index contributed by atoms with van der Waals surface area (Å²) in [6.07, 6.45) is 1.25. The molecule has 1 aliphatic heterocycles. The Morgan fingerprint density at radius 2 is 2.00 bits per heavy atom. The Balaban J connectivity index is 2.26. The Morgan fingerprint density at radius 1 is 1.36 bits per heavy atom. The number of urea groups is 1. The Morgan fingerprint density at radius 3 is 2.55 bits per heavy atom. The molecule has 1 heterocycles. The summed E-state index contributed by atoms with van der Waals surface area (Å²) < 4.78 is 5.15. The highest BCUT2D eigenvalue weighted by Crippen LogP contribution is 2.31. The zero-order chi connectivity index (χ0) is 16.3. The van der Waals surface area contributed by atoms with E-state index in [4.69, 9.17) is 10.5 Å². The molecule has 1 fully saturated rings. The number of hydrogen-bond donors (Lipinski definition) is 2. The predicted molar refractivity (Wildman–Crippen MR) is 84.7 cm³/mol. The minimum Gasteiger partial charge on any atom is -0.382 e. The third-order valence-electron chi connectivity index (χ3n) is 4.29. The molecule has 6 heteroatoms. The van der Waals surface area contributed by atoms with Crippen LogP contribution >= 0.6 is 0 Å². The second-order valence-electron chi connectivity index (χ2n) is 5.78. The minimum atomic E-state index is -1.06. The molecule has 1 aromatic carbocycles. The molecular formula is C16H23N3O3. The number of nitrogens with one attached hydrogen (secondary N) is 1. The van der Waals surface area contributed by atoms with Crippen LogP contribution in [-0.4, -0.2) is 42.6 Å². The standard InChI is InChI=1S/C16H23N3O3/c1-11-6-4-7-12(2)13(11)18-15(21)19-9-5-8-16(19,10-22-3)14(17)20/h4,6-7H,5,8-10H2,1-3H3,(H2,17,20)(H,18,21)/t16-/m1/s1. The largest absolute Gasteiger partial charge is 0.382 e. The number of benzene rings is 1. The second-order valence-corrected chi connectivity index (χ2v) is 5.78. The molecule has 22 heavy (non-hydrogen) atoms. The van der Waals surface area contributed by atoms with E-state index in [1.807, 2.05) is 32.0 Å². The minimum absolute atomic E-state index is 0.114. The summed E-state index contributed by atoms with van der Waals surface area (Å²) in [4.78, 5) is 26.1. The van der Waals surface area contributed by atoms with E-state index >= 15 is 0 Å². The van der Waals surface area contributed by atoms with E-state index in [2.05, 4.69) is 5.32 Å². The summed E-state index contributed by atoms with van der Waals surface area (Å²) >= 11 is 0. The number of aryl methyl sites for hydroxylation is 2. The first-order valence-corrected chi connectivity index (χ1v) is 7.36. The van der Waals surface area contributed by atoms with E-state index in [-0.39, 0.29) is 12.6 Å². The summed E-state index contributed by atoms with van der Waals surface area (Å²) in [5.74, 6) is -0.525. The highest BCUT2D eigenvalue weighted by Gasteiger charge is 2.48. The van der Waals surface area contributed by atoms with Gasteiger partial charge in [-0.1, -0.05) is 18.2 Å². The van der Waals surface area contributed by atoms with Crippen LogP contribution in [0.15, 0.2) is 18.2 Å². The van der Waals surface area contributed by atoms with Crippen molar-refractivity contribution in [2.75, 3.05) is 25.6 Å². The molecule has 0 unspecified atom stereocenters. The van der Waals surface area contributed by atoms with Gasteiger partial charge in [-0.25, -0.2) is 4.79 Å². The first-order chi connectivity index (χ1) is 10.4. The van der Waals surface area contributed by atoms with Crippen LogP contribution in [-0.2, 0) is 9.53 Å². The van der Waals surface area contributed by atoms with Gasteiger partial charge in [0.2, 0.25) is 5.91 Å². The van der Waals surface area contributed by atoms with Crippen LogP contribution in [0.3, 0.4) is 0 Å². The third kappa shape index (κ3) is 2.78. The molecule has 120 valence electrons. The van der Waals surface area contributed by atoms with Crippen LogP contribution in [0, 0.1) is 13.8 Å². The number of ether oxygens (including phenoxy) is 1. The average molecular weight is 305 g/mol. The lowest BCUT2D eigenvalue weighted by molar-refractivity contribution is -0.129. The van der Waals surface area contributed by atoms with Crippen molar-refractivity contribution in [1.29, 1.82) is 0 Å². The van der Waals surface area contributed by atoms with Crippen LogP contribution < -0.4 is 11.1 Å². The van der Waals surface area contributed by atoms with Gasteiger partial charge in [0.05, 0.1) is 6.61 Å². The maximum Gasteiger partial charge on any atom is 0.322 e. The Bertz CT molecular complexity index is 568. The van der Waals surface area contributed by atoms with Gasteiger partial charge in [0.25, 0.3) is 0 Å². The SMILES string of the molecule is COC[C@@]1(C(N)=O)CCCN1C(=O)Nc1c(C)cccc1C. The fourth-order valence-corrected chi connectivity index (χ4v) is 3.08. The lowest BCUT2D eigenvalue weighted by atomic mass is 9.96. The molecule has 0 radical (unpaired) electrons. The molecule has 0 saturated carbocycles. The van der Waals surface area contributed by atoms with Crippen LogP contribution in [0.5, 0.6) is 0 Å². The average Bonchev–Trinajstić information content (AvgIpc) is 2.88. The first-order valence-electron chi connectivity index (χ1n) is 7.36. The van der Waals surface area contributed by atoms with Gasteiger partial charge >= 0.3 is 6.03 Å². The molecule has 0 aromatic heterocycles. The highest BCUT2D eigenvalue weighted by molar-refractivity contribution is 5.97. The van der Waals surface area contributed by atoms with Gasteiger partial charge in [-0.05, 0) is 37.8 Å². The molecule has 3 amide bonds. The quantitative estimate of drug-likeness (QED) is 0.889. The summed E-state index contributed by atoms with van der Waals surface area (Å²) in [7, 11) is 1.50. The second kappa shape index (κ2) is 6.36. The number of anilines is 1. The Labute approximate surface area is 130 Å². The number of amides is 3. The number of methoxy groups -OCH3 is 1. The van der Waals surface area contributed by atoms with E-state index in [0.717, 1.165) is 23.2 Å². The van der Waals surface area contributed by atoms with Gasteiger partial charge in [-0.15, -0.1) is 0 Å². The maximum atomic E-state index is 12.7. The molecule has 3 N–H and O–H groups in total. The smallest absolute Gasteiger partial charge is 0.322 e. The van der Waals surface area contributed by atoms with Crippen molar-refractivity contribution in [3.8, 4) is 0 Å². The summed E-state index contributed by atoms with van der Waals surface area (Å²) in [6.45, 7) is 4.47. The zero-order valence-electron chi connectivity index (χ0n) is 13.3. The first kappa shape index (κ1) is 16.3. The lowest BCUT2D eigenvalue weighted by Gasteiger charge is -2.35. The molecule has 1 aliphatic rings. The number of carbonyl (C=O) groups is 2. The zero-order valence-corrected chi connectivity index (χ0v) is 13.3. The van der Waals surface area contributed by atoms with E-state index in [0.29, 0.717) is 13.0 Å². The van der Waals surface area contributed by atoms with Gasteiger partial charge in [-0.3, -0.25) is 4.79 Å². The molecule has 0 aliphatic carbocycles. The van der Waals surface area contributed by atoms with Crippen molar-refractivity contribution < 1.29 is 14.3 Å². The highest BCUT2D eigenvalue weighted by atomic mass is 16.5. The van der Waals surface area contributed by atoms with Crippen LogP contribution in [0.2, 0.25) is 0 Å². The summed E-state index contributed by atoms with van der Waals surface area (Å²) in [6, 6.07) is 5.49. The Hall–Kier alpha value is -2.08. The normalized spacial score (nSPS) is 21.0. The fourth-order valence-electron chi connectivity index (χ4n) is 3.08. The summed E-state index contributed by atoms with van der Waals surface area (Å²) in [5, 5.41) is 2.91. The fraction of sp³-hybridized carbons (Fsp3) is 0.500. The molecule has 0 spiro atoms. The van der Waals surface area contributed by atoms with Crippen LogP contribution in [0.25, 0.3) is 0 Å². The molecule has 0 bridgehead atoms. The van der Waals surface area contributed by atoms with Gasteiger partial charge in [-0.2, -0.15) is 0 Å². The van der Waals surface area contributed by atoms with E-state index < -0.39 is 11.4 Å². The van der Waals surface area contributed by atoms with E-state index in [1.165, 1.54) is 12.0 Å². The molecule has 2 rings (SSSR count). The van der Waals surface area contributed by atoms with Gasteiger partial charge < -0.3 is 20.7 Å². The van der Waals surface area contributed by atoms with Crippen LogP contribution in [0.1, 0.15) is 24.0 Å². The predicted octanol–water partition coefficient (Wildman–Crippen LogP) is 1.80. The molecule has 1 saturated heterocycles. The number of hydrogen-bond acceptors (Lipinski definition) is 3. The number of nitrogens with two attached hydrogens (primary N) is 1. The van der Waals surface area contributed by atoms with Gasteiger partial charge in [0.1, 0.15) is 5.54 Å².